The fraction of sp³-hybridized carbons (Fsp3) is 0.588. The Morgan fingerprint density at radius 2 is 2.19 bits per heavy atom. The summed E-state index contributed by atoms with van der Waals surface area (Å²) >= 11 is 6.03. The van der Waals surface area contributed by atoms with E-state index in [0.717, 1.165) is 43.8 Å². The topological polar surface area (TPSA) is 41.1 Å². The lowest BCUT2D eigenvalue weighted by molar-refractivity contribution is -0.122. The number of carbonyl (C=O) groups excluding carboxylic acids is 1. The van der Waals surface area contributed by atoms with Gasteiger partial charge in [0, 0.05) is 11.4 Å². The highest BCUT2D eigenvalue weighted by Crippen LogP contribution is 2.33. The molecule has 1 saturated heterocycles. The molecule has 1 aliphatic carbocycles. The Morgan fingerprint density at radius 1 is 1.29 bits per heavy atom. The van der Waals surface area contributed by atoms with Crippen molar-refractivity contribution in [1.82, 2.24) is 10.6 Å². The molecule has 3 rings (SSSR count). The smallest absolute Gasteiger partial charge is 0.220 e. The maximum absolute atomic E-state index is 12.3. The Morgan fingerprint density at radius 3 is 3.10 bits per heavy atom. The molecule has 0 bridgehead atoms. The number of amides is 1. The number of halogens is 1. The molecular formula is C17H23ClN2O. The third kappa shape index (κ3) is 3.78. The van der Waals surface area contributed by atoms with Crippen LogP contribution in [0.1, 0.15) is 49.3 Å². The minimum absolute atomic E-state index is 0.175. The van der Waals surface area contributed by atoms with Crippen LogP contribution in [0.25, 0.3) is 0 Å². The average Bonchev–Trinajstić information content (AvgIpc) is 2.68. The van der Waals surface area contributed by atoms with Gasteiger partial charge >= 0.3 is 0 Å². The average molecular weight is 307 g/mol. The minimum atomic E-state index is 0.175. The SMILES string of the molecule is O=C(CC1CCCNCC1)N[C@H]1CCc2cc(Cl)ccc21. The predicted molar refractivity (Wildman–Crippen MR) is 85.5 cm³/mol. The van der Waals surface area contributed by atoms with Gasteiger partial charge in [-0.2, -0.15) is 0 Å². The normalized spacial score (nSPS) is 25.2. The molecule has 1 fully saturated rings. The Balaban J connectivity index is 1.56. The van der Waals surface area contributed by atoms with Crippen molar-refractivity contribution in [2.24, 2.45) is 5.92 Å². The molecule has 0 aromatic heterocycles. The first-order chi connectivity index (χ1) is 10.2. The summed E-state index contributed by atoms with van der Waals surface area (Å²) in [7, 11) is 0. The van der Waals surface area contributed by atoms with Gasteiger partial charge in [0.25, 0.3) is 0 Å². The van der Waals surface area contributed by atoms with Crippen molar-refractivity contribution < 1.29 is 4.79 Å². The van der Waals surface area contributed by atoms with Crippen LogP contribution in [0.3, 0.4) is 0 Å². The number of benzene rings is 1. The van der Waals surface area contributed by atoms with Gasteiger partial charge in [0.05, 0.1) is 6.04 Å². The summed E-state index contributed by atoms with van der Waals surface area (Å²) < 4.78 is 0. The van der Waals surface area contributed by atoms with E-state index in [1.54, 1.807) is 0 Å². The lowest BCUT2D eigenvalue weighted by atomic mass is 9.96. The minimum Gasteiger partial charge on any atom is -0.349 e. The molecule has 0 saturated carbocycles. The number of fused-ring (bicyclic) bond motifs is 1. The number of nitrogens with one attached hydrogen (secondary N) is 2. The number of aryl methyl sites for hydroxylation is 1. The fourth-order valence-electron chi connectivity index (χ4n) is 3.55. The number of hydrogen-bond donors (Lipinski definition) is 2. The highest BCUT2D eigenvalue weighted by atomic mass is 35.5. The largest absolute Gasteiger partial charge is 0.349 e. The first kappa shape index (κ1) is 14.9. The Labute approximate surface area is 131 Å². The van der Waals surface area contributed by atoms with Gasteiger partial charge in [-0.3, -0.25) is 4.79 Å². The van der Waals surface area contributed by atoms with E-state index in [9.17, 15) is 4.79 Å². The molecule has 114 valence electrons. The quantitative estimate of drug-likeness (QED) is 0.900. The van der Waals surface area contributed by atoms with Gasteiger partial charge in [-0.05, 0) is 74.4 Å². The van der Waals surface area contributed by atoms with Crippen molar-refractivity contribution in [2.75, 3.05) is 13.1 Å². The van der Waals surface area contributed by atoms with Gasteiger partial charge in [0.2, 0.25) is 5.91 Å². The van der Waals surface area contributed by atoms with Crippen LogP contribution in [0.4, 0.5) is 0 Å². The van der Waals surface area contributed by atoms with Crippen molar-refractivity contribution in [2.45, 2.75) is 44.6 Å². The maximum Gasteiger partial charge on any atom is 0.220 e. The molecule has 0 radical (unpaired) electrons. The van der Waals surface area contributed by atoms with Crippen LogP contribution >= 0.6 is 11.6 Å². The van der Waals surface area contributed by atoms with Crippen LogP contribution in [0.5, 0.6) is 0 Å². The number of rotatable bonds is 3. The third-order valence-electron chi connectivity index (χ3n) is 4.69. The second-order valence-corrected chi connectivity index (χ2v) is 6.69. The summed E-state index contributed by atoms with van der Waals surface area (Å²) in [5.74, 6) is 0.737. The third-order valence-corrected chi connectivity index (χ3v) is 4.92. The molecule has 1 unspecified atom stereocenters. The van der Waals surface area contributed by atoms with Gasteiger partial charge in [0.15, 0.2) is 0 Å². The molecule has 21 heavy (non-hydrogen) atoms. The summed E-state index contributed by atoms with van der Waals surface area (Å²) in [6, 6.07) is 6.18. The first-order valence-electron chi connectivity index (χ1n) is 8.01. The zero-order chi connectivity index (χ0) is 14.7. The van der Waals surface area contributed by atoms with Crippen LogP contribution in [0, 0.1) is 5.92 Å². The zero-order valence-corrected chi connectivity index (χ0v) is 13.1. The van der Waals surface area contributed by atoms with E-state index in [-0.39, 0.29) is 11.9 Å². The number of carbonyl (C=O) groups is 1. The van der Waals surface area contributed by atoms with E-state index in [4.69, 9.17) is 11.6 Å². The standard InChI is InChI=1S/C17H23ClN2O/c18-14-4-5-15-13(11-14)3-6-16(15)20-17(21)10-12-2-1-8-19-9-7-12/h4-5,11-12,16,19H,1-3,6-10H2,(H,20,21)/t12?,16-/m0/s1. The summed E-state index contributed by atoms with van der Waals surface area (Å²) in [5, 5.41) is 7.40. The molecule has 1 aromatic carbocycles. The van der Waals surface area contributed by atoms with Crippen molar-refractivity contribution in [3.05, 3.63) is 34.3 Å². The molecule has 1 aliphatic heterocycles. The van der Waals surface area contributed by atoms with Gasteiger partial charge in [-0.1, -0.05) is 17.7 Å². The molecule has 1 aromatic rings. The molecule has 2 N–H and O–H groups in total. The molecule has 0 spiro atoms. The van der Waals surface area contributed by atoms with Crippen LogP contribution < -0.4 is 10.6 Å². The van der Waals surface area contributed by atoms with Gasteiger partial charge in [0.1, 0.15) is 0 Å². The summed E-state index contributed by atoms with van der Waals surface area (Å²) in [6.45, 7) is 2.14. The van der Waals surface area contributed by atoms with Crippen molar-refractivity contribution in [1.29, 1.82) is 0 Å². The summed E-state index contributed by atoms with van der Waals surface area (Å²) in [4.78, 5) is 12.3. The highest BCUT2D eigenvalue weighted by Gasteiger charge is 2.25. The molecule has 2 aliphatic rings. The Bertz CT molecular complexity index is 510. The molecule has 4 heteroatoms. The molecular weight excluding hydrogens is 284 g/mol. The van der Waals surface area contributed by atoms with Crippen molar-refractivity contribution >= 4 is 17.5 Å². The predicted octanol–water partition coefficient (Wildman–Crippen LogP) is 3.22. The van der Waals surface area contributed by atoms with Crippen molar-refractivity contribution in [3.8, 4) is 0 Å². The Kier molecular flexibility index (Phi) is 4.81. The van der Waals surface area contributed by atoms with Crippen LogP contribution in [0.15, 0.2) is 18.2 Å². The van der Waals surface area contributed by atoms with Crippen LogP contribution in [-0.4, -0.2) is 19.0 Å². The fourth-order valence-corrected chi connectivity index (χ4v) is 3.74. The molecule has 1 amide bonds. The van der Waals surface area contributed by atoms with E-state index in [0.29, 0.717) is 12.3 Å². The van der Waals surface area contributed by atoms with Gasteiger partial charge < -0.3 is 10.6 Å². The van der Waals surface area contributed by atoms with E-state index in [1.807, 2.05) is 12.1 Å². The number of hydrogen-bond acceptors (Lipinski definition) is 2. The molecule has 3 nitrogen and oxygen atoms in total. The highest BCUT2D eigenvalue weighted by molar-refractivity contribution is 6.30. The second kappa shape index (κ2) is 6.80. The van der Waals surface area contributed by atoms with E-state index < -0.39 is 0 Å². The zero-order valence-electron chi connectivity index (χ0n) is 12.3. The Hall–Kier alpha value is -1.06. The monoisotopic (exact) mass is 306 g/mol. The van der Waals surface area contributed by atoms with Crippen LogP contribution in [0.2, 0.25) is 5.02 Å². The molecule has 1 heterocycles. The lowest BCUT2D eigenvalue weighted by Crippen LogP contribution is -2.29. The van der Waals surface area contributed by atoms with Crippen molar-refractivity contribution in [3.63, 3.8) is 0 Å². The first-order valence-corrected chi connectivity index (χ1v) is 8.38. The van der Waals surface area contributed by atoms with E-state index in [1.165, 1.54) is 17.5 Å². The summed E-state index contributed by atoms with van der Waals surface area (Å²) in [6.07, 6.45) is 6.13. The van der Waals surface area contributed by atoms with E-state index in [2.05, 4.69) is 16.7 Å². The summed E-state index contributed by atoms with van der Waals surface area (Å²) in [5.41, 5.74) is 2.53. The van der Waals surface area contributed by atoms with Gasteiger partial charge in [-0.25, -0.2) is 0 Å². The second-order valence-electron chi connectivity index (χ2n) is 6.25. The molecule has 2 atom stereocenters. The van der Waals surface area contributed by atoms with E-state index >= 15 is 0 Å². The lowest BCUT2D eigenvalue weighted by Gasteiger charge is -2.17. The van der Waals surface area contributed by atoms with Gasteiger partial charge in [-0.15, -0.1) is 0 Å². The van der Waals surface area contributed by atoms with Crippen LogP contribution in [-0.2, 0) is 11.2 Å². The maximum atomic E-state index is 12.3.